The molecule has 0 saturated carbocycles. The van der Waals surface area contributed by atoms with Crippen molar-refractivity contribution in [2.24, 2.45) is 0 Å². The molecular formula is C12H11N5S. The predicted molar refractivity (Wildman–Crippen MR) is 71.1 cm³/mol. The summed E-state index contributed by atoms with van der Waals surface area (Å²) >= 11 is 1.62. The second-order valence-corrected chi connectivity index (χ2v) is 4.71. The summed E-state index contributed by atoms with van der Waals surface area (Å²) in [6, 6.07) is 10.1. The van der Waals surface area contributed by atoms with Gasteiger partial charge in [-0.05, 0) is 0 Å². The first-order valence-corrected chi connectivity index (χ1v) is 6.34. The lowest BCUT2D eigenvalue weighted by molar-refractivity contribution is 0.641. The van der Waals surface area contributed by atoms with Gasteiger partial charge in [0.05, 0.1) is 18.4 Å². The summed E-state index contributed by atoms with van der Waals surface area (Å²) in [7, 11) is 0. The van der Waals surface area contributed by atoms with Crippen molar-refractivity contribution in [1.29, 1.82) is 0 Å². The first kappa shape index (κ1) is 10.9. The molecule has 0 fully saturated rings. The minimum Gasteiger partial charge on any atom is -0.381 e. The highest BCUT2D eigenvalue weighted by molar-refractivity contribution is 7.13. The molecule has 90 valence electrons. The summed E-state index contributed by atoms with van der Waals surface area (Å²) in [4.78, 5) is 4.57. The maximum atomic E-state index is 5.52. The molecule has 3 aromatic rings. The van der Waals surface area contributed by atoms with E-state index in [1.807, 2.05) is 23.6 Å². The maximum Gasteiger partial charge on any atom is 0.165 e. The van der Waals surface area contributed by atoms with Crippen LogP contribution in [0.25, 0.3) is 10.6 Å². The Morgan fingerprint density at radius 1 is 1.22 bits per heavy atom. The Bertz CT molecular complexity index is 643. The lowest BCUT2D eigenvalue weighted by Gasteiger charge is -1.96. The molecule has 18 heavy (non-hydrogen) atoms. The molecule has 0 saturated heterocycles. The molecule has 2 aromatic heterocycles. The first-order chi connectivity index (χ1) is 8.81. The quantitative estimate of drug-likeness (QED) is 0.779. The van der Waals surface area contributed by atoms with Crippen LogP contribution in [0.5, 0.6) is 0 Å². The van der Waals surface area contributed by atoms with Crippen LogP contribution in [0, 0.1) is 0 Å². The van der Waals surface area contributed by atoms with E-state index in [0.717, 1.165) is 16.3 Å². The Kier molecular flexibility index (Phi) is 2.77. The van der Waals surface area contributed by atoms with E-state index in [0.29, 0.717) is 12.4 Å². The van der Waals surface area contributed by atoms with Crippen molar-refractivity contribution in [2.45, 2.75) is 6.54 Å². The lowest BCUT2D eigenvalue weighted by Crippen LogP contribution is -2.00. The molecule has 0 aliphatic heterocycles. The number of anilines is 1. The van der Waals surface area contributed by atoms with E-state index < -0.39 is 0 Å². The number of benzene rings is 1. The molecule has 2 heterocycles. The van der Waals surface area contributed by atoms with Gasteiger partial charge in [0, 0.05) is 10.9 Å². The van der Waals surface area contributed by atoms with E-state index in [-0.39, 0.29) is 0 Å². The molecule has 3 rings (SSSR count). The van der Waals surface area contributed by atoms with Crippen LogP contribution in [0.2, 0.25) is 0 Å². The van der Waals surface area contributed by atoms with Gasteiger partial charge in [0.1, 0.15) is 5.01 Å². The van der Waals surface area contributed by atoms with Gasteiger partial charge in [-0.2, -0.15) is 0 Å². The molecule has 0 unspecified atom stereocenters. The highest BCUT2D eigenvalue weighted by Gasteiger charge is 2.05. The zero-order valence-corrected chi connectivity index (χ0v) is 10.3. The summed E-state index contributed by atoms with van der Waals surface area (Å²) in [5.41, 5.74) is 7.61. The number of hydrogen-bond acceptors (Lipinski definition) is 5. The summed E-state index contributed by atoms with van der Waals surface area (Å²) < 4.78 is 1.68. The number of rotatable bonds is 3. The van der Waals surface area contributed by atoms with Crippen molar-refractivity contribution >= 4 is 17.2 Å². The fourth-order valence-corrected chi connectivity index (χ4v) is 2.47. The monoisotopic (exact) mass is 257 g/mol. The standard InChI is InChI=1S/C12H11N5S/c13-11-7-17(16-15-11)6-10-8-18-12(14-10)9-4-2-1-3-5-9/h1-5,7-8H,6,13H2. The van der Waals surface area contributed by atoms with E-state index in [9.17, 15) is 0 Å². The van der Waals surface area contributed by atoms with E-state index in [2.05, 4.69) is 27.4 Å². The molecule has 0 atom stereocenters. The second-order valence-electron chi connectivity index (χ2n) is 3.85. The fraction of sp³-hybridized carbons (Fsp3) is 0.0833. The Hall–Kier alpha value is -2.21. The average molecular weight is 257 g/mol. The van der Waals surface area contributed by atoms with Gasteiger partial charge in [-0.15, -0.1) is 16.4 Å². The third-order valence-electron chi connectivity index (χ3n) is 2.45. The van der Waals surface area contributed by atoms with Crippen LogP contribution in [0.15, 0.2) is 41.9 Å². The van der Waals surface area contributed by atoms with Crippen LogP contribution in [-0.4, -0.2) is 20.0 Å². The van der Waals surface area contributed by atoms with Crippen molar-refractivity contribution in [3.63, 3.8) is 0 Å². The molecule has 0 spiro atoms. The minimum absolute atomic E-state index is 0.425. The van der Waals surface area contributed by atoms with E-state index >= 15 is 0 Å². The highest BCUT2D eigenvalue weighted by atomic mass is 32.1. The van der Waals surface area contributed by atoms with Crippen molar-refractivity contribution in [2.75, 3.05) is 5.73 Å². The first-order valence-electron chi connectivity index (χ1n) is 5.47. The third-order valence-corrected chi connectivity index (χ3v) is 3.39. The largest absolute Gasteiger partial charge is 0.381 e. The minimum atomic E-state index is 0.425. The highest BCUT2D eigenvalue weighted by Crippen LogP contribution is 2.23. The smallest absolute Gasteiger partial charge is 0.165 e. The van der Waals surface area contributed by atoms with Crippen LogP contribution < -0.4 is 5.73 Å². The average Bonchev–Trinajstić information content (AvgIpc) is 3.01. The summed E-state index contributed by atoms with van der Waals surface area (Å²) in [5, 5.41) is 10.7. The van der Waals surface area contributed by atoms with Gasteiger partial charge in [0.15, 0.2) is 5.82 Å². The third kappa shape index (κ3) is 2.23. The van der Waals surface area contributed by atoms with Crippen LogP contribution in [0.4, 0.5) is 5.82 Å². The van der Waals surface area contributed by atoms with Gasteiger partial charge in [0.2, 0.25) is 0 Å². The number of hydrogen-bond donors (Lipinski definition) is 1. The van der Waals surface area contributed by atoms with Crippen molar-refractivity contribution in [1.82, 2.24) is 20.0 Å². The number of nitrogen functional groups attached to an aromatic ring is 1. The molecular weight excluding hydrogens is 246 g/mol. The number of thiazole rings is 1. The van der Waals surface area contributed by atoms with Gasteiger partial charge >= 0.3 is 0 Å². The van der Waals surface area contributed by atoms with Gasteiger partial charge in [-0.3, -0.25) is 0 Å². The molecule has 1 aromatic carbocycles. The van der Waals surface area contributed by atoms with Gasteiger partial charge in [-0.25, -0.2) is 9.67 Å². The molecule has 0 bridgehead atoms. The second kappa shape index (κ2) is 4.58. The van der Waals surface area contributed by atoms with Crippen molar-refractivity contribution < 1.29 is 0 Å². The number of aromatic nitrogens is 4. The van der Waals surface area contributed by atoms with Gasteiger partial charge in [0.25, 0.3) is 0 Å². The molecule has 0 radical (unpaired) electrons. The predicted octanol–water partition coefficient (Wildman–Crippen LogP) is 2.03. The molecule has 5 nitrogen and oxygen atoms in total. The van der Waals surface area contributed by atoms with Crippen LogP contribution in [0.1, 0.15) is 5.69 Å². The zero-order chi connectivity index (χ0) is 12.4. The van der Waals surface area contributed by atoms with E-state index in [1.54, 1.807) is 22.2 Å². The van der Waals surface area contributed by atoms with Crippen molar-refractivity contribution in [3.8, 4) is 10.6 Å². The van der Waals surface area contributed by atoms with Gasteiger partial charge < -0.3 is 5.73 Å². The van der Waals surface area contributed by atoms with E-state index in [4.69, 9.17) is 5.73 Å². The maximum absolute atomic E-state index is 5.52. The molecule has 2 N–H and O–H groups in total. The molecule has 0 aliphatic rings. The summed E-state index contributed by atoms with van der Waals surface area (Å²) in [6.45, 7) is 0.591. The van der Waals surface area contributed by atoms with Crippen LogP contribution >= 0.6 is 11.3 Å². The van der Waals surface area contributed by atoms with Crippen LogP contribution in [-0.2, 0) is 6.54 Å². The summed E-state index contributed by atoms with van der Waals surface area (Å²) in [5.74, 6) is 0.425. The Labute approximate surface area is 108 Å². The van der Waals surface area contributed by atoms with Crippen molar-refractivity contribution in [3.05, 3.63) is 47.6 Å². The Balaban J connectivity index is 1.82. The Morgan fingerprint density at radius 3 is 2.78 bits per heavy atom. The normalized spacial score (nSPS) is 10.7. The fourth-order valence-electron chi connectivity index (χ4n) is 1.65. The van der Waals surface area contributed by atoms with Gasteiger partial charge in [-0.1, -0.05) is 35.5 Å². The SMILES string of the molecule is Nc1cn(Cc2csc(-c3ccccc3)n2)nn1. The molecule has 6 heteroatoms. The van der Waals surface area contributed by atoms with Crippen LogP contribution in [0.3, 0.4) is 0 Å². The Morgan fingerprint density at radius 2 is 2.06 bits per heavy atom. The van der Waals surface area contributed by atoms with E-state index in [1.165, 1.54) is 0 Å². The summed E-state index contributed by atoms with van der Waals surface area (Å²) in [6.07, 6.45) is 1.70. The number of nitrogens with zero attached hydrogens (tertiary/aromatic N) is 4. The zero-order valence-electron chi connectivity index (χ0n) is 9.52. The molecule has 0 aliphatic carbocycles. The number of nitrogens with two attached hydrogens (primary N) is 1. The molecule has 0 amide bonds. The topological polar surface area (TPSA) is 69.6 Å². The lowest BCUT2D eigenvalue weighted by atomic mass is 10.2.